The minimum Gasteiger partial charge on any atom is -0.416 e. The van der Waals surface area contributed by atoms with Crippen molar-refractivity contribution >= 4 is 24.1 Å². The van der Waals surface area contributed by atoms with E-state index in [0.717, 1.165) is 6.26 Å². The maximum absolute atomic E-state index is 11.4. The lowest BCUT2D eigenvalue weighted by Gasteiger charge is -2.40. The van der Waals surface area contributed by atoms with Gasteiger partial charge in [-0.15, -0.1) is 0 Å². The number of rotatable bonds is 4. The first kappa shape index (κ1) is 15.7. The van der Waals surface area contributed by atoms with Crippen LogP contribution in [0.4, 0.5) is 0 Å². The summed E-state index contributed by atoms with van der Waals surface area (Å²) in [6.07, 6.45) is 1.14. The van der Waals surface area contributed by atoms with Gasteiger partial charge in [0.2, 0.25) is 5.91 Å². The number of hydrogen-bond acceptors (Lipinski definition) is 4. The molecule has 5 nitrogen and oxygen atoms in total. The van der Waals surface area contributed by atoms with Crippen LogP contribution in [0.25, 0.3) is 0 Å². The van der Waals surface area contributed by atoms with E-state index in [2.05, 4.69) is 39.2 Å². The third-order valence-corrected chi connectivity index (χ3v) is 9.75. The van der Waals surface area contributed by atoms with Crippen LogP contribution >= 0.6 is 0 Å². The first-order valence-electron chi connectivity index (χ1n) is 5.99. The van der Waals surface area contributed by atoms with Crippen LogP contribution in [0.5, 0.6) is 0 Å². The monoisotopic (exact) mass is 293 g/mol. The Morgan fingerprint density at radius 2 is 1.83 bits per heavy atom. The van der Waals surface area contributed by atoms with Gasteiger partial charge in [-0.05, 0) is 18.1 Å². The standard InChI is InChI=1S/C11H23NO4SSi/c1-11(2,3)18(5,6)16-7-8-9(13)12-10(8)17(4,14)15/h8,10H,7H2,1-6H3,(H,12,13)/t8-,10+/m0/s1. The topological polar surface area (TPSA) is 72.5 Å². The Hall–Kier alpha value is -0.403. The van der Waals surface area contributed by atoms with Crippen LogP contribution in [0.2, 0.25) is 18.1 Å². The Morgan fingerprint density at radius 3 is 2.17 bits per heavy atom. The van der Waals surface area contributed by atoms with E-state index >= 15 is 0 Å². The molecule has 2 atom stereocenters. The maximum Gasteiger partial charge on any atom is 0.229 e. The quantitative estimate of drug-likeness (QED) is 0.623. The molecule has 106 valence electrons. The smallest absolute Gasteiger partial charge is 0.229 e. The van der Waals surface area contributed by atoms with Crippen molar-refractivity contribution in [3.8, 4) is 0 Å². The molecular formula is C11H23NO4SSi. The van der Waals surface area contributed by atoms with E-state index in [9.17, 15) is 13.2 Å². The van der Waals surface area contributed by atoms with Gasteiger partial charge in [-0.25, -0.2) is 8.42 Å². The molecule has 1 heterocycles. The van der Waals surface area contributed by atoms with Crippen molar-refractivity contribution in [2.45, 2.75) is 44.3 Å². The average molecular weight is 293 g/mol. The first-order valence-corrected chi connectivity index (χ1v) is 10.9. The molecule has 1 fully saturated rings. The third-order valence-electron chi connectivity index (χ3n) is 3.88. The van der Waals surface area contributed by atoms with Gasteiger partial charge < -0.3 is 9.74 Å². The van der Waals surface area contributed by atoms with Crippen LogP contribution in [0.3, 0.4) is 0 Å². The van der Waals surface area contributed by atoms with Gasteiger partial charge in [0, 0.05) is 12.9 Å². The van der Waals surface area contributed by atoms with Crippen molar-refractivity contribution in [2.24, 2.45) is 5.92 Å². The summed E-state index contributed by atoms with van der Waals surface area (Å²) in [5.41, 5.74) is 0. The average Bonchev–Trinajstić information content (AvgIpc) is 2.10. The highest BCUT2D eigenvalue weighted by Crippen LogP contribution is 2.37. The lowest BCUT2D eigenvalue weighted by molar-refractivity contribution is -0.134. The Balaban J connectivity index is 2.67. The summed E-state index contributed by atoms with van der Waals surface area (Å²) in [5, 5.41) is 1.68. The number of amides is 1. The molecule has 0 aromatic rings. The molecule has 1 aliphatic heterocycles. The second-order valence-electron chi connectivity index (χ2n) is 6.44. The summed E-state index contributed by atoms with van der Waals surface area (Å²) < 4.78 is 28.8. The van der Waals surface area contributed by atoms with Gasteiger partial charge in [-0.3, -0.25) is 4.79 Å². The molecule has 18 heavy (non-hydrogen) atoms. The van der Waals surface area contributed by atoms with Crippen molar-refractivity contribution in [1.82, 2.24) is 5.32 Å². The van der Waals surface area contributed by atoms with E-state index in [1.54, 1.807) is 0 Å². The van der Waals surface area contributed by atoms with Gasteiger partial charge in [-0.1, -0.05) is 20.8 Å². The van der Waals surface area contributed by atoms with Crippen LogP contribution in [-0.2, 0) is 19.1 Å². The highest BCUT2D eigenvalue weighted by atomic mass is 32.2. The summed E-state index contributed by atoms with van der Waals surface area (Å²) in [6, 6.07) is 0. The molecule has 1 N–H and O–H groups in total. The van der Waals surface area contributed by atoms with Gasteiger partial charge in [0.25, 0.3) is 0 Å². The second kappa shape index (κ2) is 4.61. The fraction of sp³-hybridized carbons (Fsp3) is 0.909. The molecule has 0 radical (unpaired) electrons. The van der Waals surface area contributed by atoms with E-state index in [0.29, 0.717) is 0 Å². The number of hydrogen-bond donors (Lipinski definition) is 1. The number of sulfone groups is 1. The van der Waals surface area contributed by atoms with Crippen LogP contribution < -0.4 is 5.32 Å². The number of carbonyl (C=O) groups excluding carboxylic acids is 1. The molecule has 7 heteroatoms. The van der Waals surface area contributed by atoms with Crippen LogP contribution in [0, 0.1) is 5.92 Å². The highest BCUT2D eigenvalue weighted by Gasteiger charge is 2.47. The van der Waals surface area contributed by atoms with Crippen LogP contribution in [0.15, 0.2) is 0 Å². The van der Waals surface area contributed by atoms with Gasteiger partial charge in [0.15, 0.2) is 18.2 Å². The second-order valence-corrected chi connectivity index (χ2v) is 13.4. The summed E-state index contributed by atoms with van der Waals surface area (Å²) in [6.45, 7) is 10.7. The van der Waals surface area contributed by atoms with E-state index < -0.39 is 29.4 Å². The zero-order chi connectivity index (χ0) is 14.4. The summed E-state index contributed by atoms with van der Waals surface area (Å²) >= 11 is 0. The Kier molecular flexibility index (Phi) is 4.01. The molecule has 0 spiro atoms. The molecule has 0 aliphatic carbocycles. The van der Waals surface area contributed by atoms with Gasteiger partial charge >= 0.3 is 0 Å². The lowest BCUT2D eigenvalue weighted by atomic mass is 10.0. The minimum absolute atomic E-state index is 0.0494. The van der Waals surface area contributed by atoms with E-state index in [4.69, 9.17) is 4.43 Å². The van der Waals surface area contributed by atoms with Crippen LogP contribution in [-0.4, -0.2) is 40.9 Å². The van der Waals surface area contributed by atoms with Gasteiger partial charge in [0.1, 0.15) is 5.37 Å². The van der Waals surface area contributed by atoms with Gasteiger partial charge in [-0.2, -0.15) is 0 Å². The molecule has 0 aromatic heterocycles. The minimum atomic E-state index is -3.25. The van der Waals surface area contributed by atoms with E-state index in [1.807, 2.05) is 0 Å². The molecule has 0 aromatic carbocycles. The third kappa shape index (κ3) is 3.13. The highest BCUT2D eigenvalue weighted by molar-refractivity contribution is 7.91. The Morgan fingerprint density at radius 1 is 1.33 bits per heavy atom. The summed E-state index contributed by atoms with van der Waals surface area (Å²) in [7, 11) is -5.19. The zero-order valence-electron chi connectivity index (χ0n) is 11.9. The van der Waals surface area contributed by atoms with Crippen molar-refractivity contribution in [2.75, 3.05) is 12.9 Å². The predicted molar refractivity (Wildman–Crippen MR) is 73.4 cm³/mol. The van der Waals surface area contributed by atoms with Crippen molar-refractivity contribution in [1.29, 1.82) is 0 Å². The van der Waals surface area contributed by atoms with Crippen molar-refractivity contribution in [3.05, 3.63) is 0 Å². The molecule has 1 amide bonds. The SMILES string of the molecule is CC(C)(C)[Si](C)(C)OC[C@H]1C(=O)N[C@@H]1S(C)(=O)=O. The first-order chi connectivity index (χ1) is 7.86. The number of carbonyl (C=O) groups is 1. The molecule has 1 aliphatic rings. The molecule has 0 bridgehead atoms. The van der Waals surface area contributed by atoms with Crippen LogP contribution in [0.1, 0.15) is 20.8 Å². The fourth-order valence-corrected chi connectivity index (χ4v) is 3.63. The van der Waals surface area contributed by atoms with E-state index in [-0.39, 0.29) is 17.6 Å². The normalized spacial score (nSPS) is 25.6. The molecule has 0 unspecified atom stereocenters. The largest absolute Gasteiger partial charge is 0.416 e. The Bertz CT molecular complexity index is 438. The van der Waals surface area contributed by atoms with E-state index in [1.165, 1.54) is 0 Å². The fourth-order valence-electron chi connectivity index (χ4n) is 1.47. The lowest BCUT2D eigenvalue weighted by Crippen LogP contribution is -2.63. The zero-order valence-corrected chi connectivity index (χ0v) is 13.7. The number of nitrogens with one attached hydrogen (secondary N) is 1. The van der Waals surface area contributed by atoms with Crippen molar-refractivity contribution in [3.63, 3.8) is 0 Å². The summed E-state index contributed by atoms with van der Waals surface area (Å²) in [5.74, 6) is -0.793. The Labute approximate surface area is 110 Å². The predicted octanol–water partition coefficient (Wildman–Crippen LogP) is 1.12. The van der Waals surface area contributed by atoms with Gasteiger partial charge in [0.05, 0.1) is 5.92 Å². The molecule has 0 saturated carbocycles. The molecule has 1 rings (SSSR count). The van der Waals surface area contributed by atoms with Crippen molar-refractivity contribution < 1.29 is 17.6 Å². The molecular weight excluding hydrogens is 270 g/mol. The summed E-state index contributed by atoms with van der Waals surface area (Å²) in [4.78, 5) is 11.4. The molecule has 1 saturated heterocycles. The number of β-lactam (4-membered cyclic amide) rings is 1. The maximum atomic E-state index is 11.4.